The van der Waals surface area contributed by atoms with Crippen LogP contribution in [0.3, 0.4) is 0 Å². The number of anilines is 1. The lowest BCUT2D eigenvalue weighted by Gasteiger charge is -2.16. The second-order valence-electron chi connectivity index (χ2n) is 7.78. The van der Waals surface area contributed by atoms with Crippen LogP contribution in [-0.4, -0.2) is 127 Å². The third-order valence-electron chi connectivity index (χ3n) is 5.31. The van der Waals surface area contributed by atoms with Crippen molar-refractivity contribution in [2.24, 2.45) is 0 Å². The maximum absolute atomic E-state index is 11.7. The van der Waals surface area contributed by atoms with Crippen molar-refractivity contribution in [1.82, 2.24) is 34.6 Å². The van der Waals surface area contributed by atoms with E-state index in [0.29, 0.717) is 5.56 Å². The molecule has 0 saturated carbocycles. The van der Waals surface area contributed by atoms with E-state index in [-0.39, 0.29) is 28.8 Å². The number of nitrogens with one attached hydrogen (secondary N) is 1. The number of fused-ring (bicyclic) bond motifs is 1. The number of aliphatic carboxylic acids is 2. The number of imidazole rings is 1. The smallest absolute Gasteiger partial charge is 0.335 e. The first-order valence-electron chi connectivity index (χ1n) is 10.6. The van der Waals surface area contributed by atoms with Gasteiger partial charge in [0.1, 0.15) is 23.8 Å². The minimum Gasteiger partial charge on any atom is -0.479 e. The van der Waals surface area contributed by atoms with Crippen LogP contribution in [0.2, 0.25) is 0 Å². The Morgan fingerprint density at radius 2 is 1.76 bits per heavy atom. The Morgan fingerprint density at radius 3 is 2.29 bits per heavy atom. The molecule has 0 spiro atoms. The lowest BCUT2D eigenvalue weighted by molar-refractivity contribution is -0.165. The van der Waals surface area contributed by atoms with Crippen molar-refractivity contribution in [1.29, 1.82) is 0 Å². The van der Waals surface area contributed by atoms with Crippen LogP contribution in [0.25, 0.3) is 17.1 Å². The normalized spacial score (nSPS) is 22.4. The molecule has 2 unspecified atom stereocenters. The van der Waals surface area contributed by atoms with Crippen molar-refractivity contribution < 1.29 is 54.9 Å². The van der Waals surface area contributed by atoms with Crippen LogP contribution in [0.4, 0.5) is 5.82 Å². The number of nitrogen functional groups attached to an aromatic ring is 1. The number of hydrogen-bond acceptors (Lipinski definition) is 14. The SMILES string of the molecule is CNC(=O)c1cnn(-c2nc(N)c3ncn([C@@H]4O[C@H](CO)[C@@H](O)[C@H]4O)c3n2)c1.O=C(O)C(O)C(O)C(=O)O. The molecule has 4 heterocycles. The molecule has 0 radical (unpaired) electrons. The predicted molar refractivity (Wildman–Crippen MR) is 121 cm³/mol. The number of aromatic nitrogens is 6. The molecule has 3 aromatic heterocycles. The van der Waals surface area contributed by atoms with Gasteiger partial charge in [-0.05, 0) is 0 Å². The summed E-state index contributed by atoms with van der Waals surface area (Å²) in [5, 5.41) is 68.6. The van der Waals surface area contributed by atoms with E-state index in [1.807, 2.05) is 0 Å². The van der Waals surface area contributed by atoms with Crippen LogP contribution in [0.15, 0.2) is 18.7 Å². The largest absolute Gasteiger partial charge is 0.479 e. The molecule has 4 rings (SSSR count). The van der Waals surface area contributed by atoms with Gasteiger partial charge in [0.05, 0.1) is 24.7 Å². The highest BCUT2D eigenvalue weighted by atomic mass is 16.6. The van der Waals surface area contributed by atoms with Crippen molar-refractivity contribution in [3.63, 3.8) is 0 Å². The fourth-order valence-corrected chi connectivity index (χ4v) is 3.29. The first-order valence-corrected chi connectivity index (χ1v) is 10.6. The molecule has 1 aliphatic heterocycles. The van der Waals surface area contributed by atoms with Gasteiger partial charge >= 0.3 is 11.9 Å². The van der Waals surface area contributed by atoms with Gasteiger partial charge in [-0.2, -0.15) is 15.1 Å². The van der Waals surface area contributed by atoms with Crippen LogP contribution < -0.4 is 11.1 Å². The molecular formula is C19H24N8O11. The van der Waals surface area contributed by atoms with Gasteiger partial charge in [-0.15, -0.1) is 0 Å². The van der Waals surface area contributed by atoms with E-state index in [2.05, 4.69) is 25.4 Å². The third-order valence-corrected chi connectivity index (χ3v) is 5.31. The van der Waals surface area contributed by atoms with Crippen LogP contribution in [-0.2, 0) is 14.3 Å². The number of carbonyl (C=O) groups excluding carboxylic acids is 1. The monoisotopic (exact) mass is 540 g/mol. The minimum atomic E-state index is -2.27. The zero-order valence-corrected chi connectivity index (χ0v) is 19.4. The fraction of sp³-hybridized carbons (Fsp3) is 0.421. The number of hydrogen-bond donors (Lipinski definition) is 9. The van der Waals surface area contributed by atoms with Crippen LogP contribution in [0.5, 0.6) is 0 Å². The quantitative estimate of drug-likeness (QED) is 0.136. The summed E-state index contributed by atoms with van der Waals surface area (Å²) in [6, 6.07) is 0. The molecule has 6 atom stereocenters. The van der Waals surface area contributed by atoms with Crippen molar-refractivity contribution >= 4 is 34.8 Å². The van der Waals surface area contributed by atoms with Gasteiger partial charge in [0.2, 0.25) is 0 Å². The molecule has 38 heavy (non-hydrogen) atoms. The van der Waals surface area contributed by atoms with E-state index in [1.54, 1.807) is 0 Å². The molecule has 10 N–H and O–H groups in total. The van der Waals surface area contributed by atoms with Crippen LogP contribution >= 0.6 is 0 Å². The molecule has 3 aromatic rings. The number of rotatable bonds is 7. The second-order valence-corrected chi connectivity index (χ2v) is 7.78. The lowest BCUT2D eigenvalue weighted by atomic mass is 10.1. The number of carboxylic acids is 2. The number of ether oxygens (including phenoxy) is 1. The Kier molecular flexibility index (Phi) is 8.50. The summed E-state index contributed by atoms with van der Waals surface area (Å²) in [7, 11) is 1.50. The van der Waals surface area contributed by atoms with Crippen LogP contribution in [0.1, 0.15) is 16.6 Å². The molecule has 0 aliphatic carbocycles. The van der Waals surface area contributed by atoms with Crippen molar-refractivity contribution in [3.05, 3.63) is 24.3 Å². The number of nitrogens with two attached hydrogens (primary N) is 1. The summed E-state index contributed by atoms with van der Waals surface area (Å²) >= 11 is 0. The molecule has 1 amide bonds. The highest BCUT2D eigenvalue weighted by Gasteiger charge is 2.44. The van der Waals surface area contributed by atoms with Crippen molar-refractivity contribution in [2.45, 2.75) is 36.7 Å². The Labute approximate surface area is 211 Å². The molecular weight excluding hydrogens is 516 g/mol. The topological polar surface area (TPSA) is 302 Å². The van der Waals surface area contributed by atoms with Gasteiger partial charge in [0.25, 0.3) is 11.9 Å². The molecule has 206 valence electrons. The number of amides is 1. The third kappa shape index (κ3) is 5.51. The summed E-state index contributed by atoms with van der Waals surface area (Å²) in [5.41, 5.74) is 6.78. The first kappa shape index (κ1) is 28.3. The second kappa shape index (κ2) is 11.4. The summed E-state index contributed by atoms with van der Waals surface area (Å²) in [4.78, 5) is 43.9. The molecule has 0 aromatic carbocycles. The Balaban J connectivity index is 0.000000342. The predicted octanol–water partition coefficient (Wildman–Crippen LogP) is -4.56. The Morgan fingerprint density at radius 1 is 1.13 bits per heavy atom. The number of carbonyl (C=O) groups is 3. The highest BCUT2D eigenvalue weighted by molar-refractivity contribution is 5.93. The summed E-state index contributed by atoms with van der Waals surface area (Å²) in [6.07, 6.45) is -4.95. The molecule has 19 heteroatoms. The fourth-order valence-electron chi connectivity index (χ4n) is 3.29. The van der Waals surface area contributed by atoms with Gasteiger partial charge in [-0.25, -0.2) is 19.3 Å². The molecule has 19 nitrogen and oxygen atoms in total. The standard InChI is InChI=1S/C15H18N8O5.C4H6O6/c1-17-13(27)6-2-19-23(3-6)15-20-11(16)8-12(21-15)22(5-18-8)14-10(26)9(25)7(4-24)28-14;5-1(3(7)8)2(6)4(9)10/h2-3,5,7,9-10,14,24-26H,4H2,1H3,(H,17,27)(H2,16,20,21);1-2,5-6H,(H,7,8)(H,9,10)/t7-,9-,10-,14-;/m1./s1. The van der Waals surface area contributed by atoms with Crippen LogP contribution in [0, 0.1) is 0 Å². The molecule has 1 fully saturated rings. The molecule has 0 bridgehead atoms. The number of carboxylic acid groups (broad SMARTS) is 2. The summed E-state index contributed by atoms with van der Waals surface area (Å²) < 4.78 is 8.18. The Hall–Kier alpha value is -4.27. The van der Waals surface area contributed by atoms with E-state index in [0.717, 1.165) is 0 Å². The zero-order valence-electron chi connectivity index (χ0n) is 19.4. The Bertz CT molecular complexity index is 1310. The highest BCUT2D eigenvalue weighted by Crippen LogP contribution is 2.32. The average molecular weight is 540 g/mol. The van der Waals surface area contributed by atoms with Gasteiger partial charge in [-0.1, -0.05) is 0 Å². The number of aliphatic hydroxyl groups excluding tert-OH is 5. The zero-order chi connectivity index (χ0) is 28.3. The van der Waals surface area contributed by atoms with E-state index in [4.69, 9.17) is 30.9 Å². The van der Waals surface area contributed by atoms with Crippen molar-refractivity contribution in [3.8, 4) is 5.95 Å². The first-order chi connectivity index (χ1) is 17.9. The van der Waals surface area contributed by atoms with Gasteiger partial charge < -0.3 is 51.5 Å². The van der Waals surface area contributed by atoms with Gasteiger partial charge in [-0.3, -0.25) is 9.36 Å². The number of aliphatic hydroxyl groups is 5. The van der Waals surface area contributed by atoms with E-state index in [9.17, 15) is 29.7 Å². The molecule has 1 saturated heterocycles. The van der Waals surface area contributed by atoms with E-state index < -0.39 is 55.3 Å². The maximum Gasteiger partial charge on any atom is 0.335 e. The summed E-state index contributed by atoms with van der Waals surface area (Å²) in [6.45, 7) is -0.459. The maximum atomic E-state index is 11.7. The van der Waals surface area contributed by atoms with E-state index in [1.165, 1.54) is 35.0 Å². The van der Waals surface area contributed by atoms with E-state index >= 15 is 0 Å². The van der Waals surface area contributed by atoms with Gasteiger partial charge in [0.15, 0.2) is 29.9 Å². The minimum absolute atomic E-state index is 0.0579. The number of nitrogens with zero attached hydrogens (tertiary/aromatic N) is 6. The average Bonchev–Trinajstić information content (AvgIpc) is 3.61. The molecule has 1 aliphatic rings. The summed E-state index contributed by atoms with van der Waals surface area (Å²) in [5.74, 6) is -3.72. The van der Waals surface area contributed by atoms with Crippen molar-refractivity contribution in [2.75, 3.05) is 19.4 Å². The lowest BCUT2D eigenvalue weighted by Crippen LogP contribution is -2.39. The van der Waals surface area contributed by atoms with Gasteiger partial charge in [0, 0.05) is 13.2 Å².